The van der Waals surface area contributed by atoms with Crippen LogP contribution < -0.4 is 9.47 Å². The van der Waals surface area contributed by atoms with Gasteiger partial charge in [0.15, 0.2) is 11.5 Å². The number of hydrogen-bond acceptors (Lipinski definition) is 4. The van der Waals surface area contributed by atoms with Gasteiger partial charge in [-0.05, 0) is 25.1 Å². The molecule has 1 unspecified atom stereocenters. The standard InChI is InChI=1S/C14H18N2O3/c1-10(7-8-15)16(2)14(17)11-5-6-12(18-3)13(9-11)19-4/h5-6,9-10H,7H2,1-4H3. The van der Waals surface area contributed by atoms with Crippen LogP contribution in [0, 0.1) is 11.3 Å². The van der Waals surface area contributed by atoms with Gasteiger partial charge in [0.2, 0.25) is 0 Å². The number of carbonyl (C=O) groups excluding carboxylic acids is 1. The van der Waals surface area contributed by atoms with Crippen molar-refractivity contribution in [3.63, 3.8) is 0 Å². The Labute approximate surface area is 113 Å². The predicted octanol–water partition coefficient (Wildman–Crippen LogP) is 2.08. The molecule has 0 aliphatic heterocycles. The average Bonchev–Trinajstić information content (AvgIpc) is 2.45. The Balaban J connectivity index is 2.97. The first-order valence-electron chi connectivity index (χ1n) is 5.91. The van der Waals surface area contributed by atoms with Crippen LogP contribution in [0.3, 0.4) is 0 Å². The molecule has 0 N–H and O–H groups in total. The second-order valence-electron chi connectivity index (χ2n) is 4.20. The molecule has 1 aromatic carbocycles. The highest BCUT2D eigenvalue weighted by Crippen LogP contribution is 2.28. The second-order valence-corrected chi connectivity index (χ2v) is 4.20. The molecule has 19 heavy (non-hydrogen) atoms. The molecule has 1 atom stereocenters. The van der Waals surface area contributed by atoms with Crippen molar-refractivity contribution >= 4 is 5.91 Å². The van der Waals surface area contributed by atoms with Crippen molar-refractivity contribution in [2.45, 2.75) is 19.4 Å². The predicted molar refractivity (Wildman–Crippen MR) is 71.3 cm³/mol. The van der Waals surface area contributed by atoms with E-state index in [2.05, 4.69) is 6.07 Å². The zero-order chi connectivity index (χ0) is 14.4. The molecule has 1 aromatic rings. The molecule has 0 bridgehead atoms. The van der Waals surface area contributed by atoms with Crippen LogP contribution in [-0.4, -0.2) is 38.1 Å². The highest BCUT2D eigenvalue weighted by Gasteiger charge is 2.18. The van der Waals surface area contributed by atoms with Crippen LogP contribution in [0.4, 0.5) is 0 Å². The summed E-state index contributed by atoms with van der Waals surface area (Å²) in [7, 11) is 4.75. The van der Waals surface area contributed by atoms with Gasteiger partial charge in [-0.1, -0.05) is 0 Å². The number of rotatable bonds is 5. The minimum absolute atomic E-state index is 0.134. The Hall–Kier alpha value is -2.22. The van der Waals surface area contributed by atoms with Gasteiger partial charge < -0.3 is 14.4 Å². The zero-order valence-corrected chi connectivity index (χ0v) is 11.6. The fourth-order valence-electron chi connectivity index (χ4n) is 1.64. The molecule has 1 rings (SSSR count). The van der Waals surface area contributed by atoms with Crippen LogP contribution in [0.5, 0.6) is 11.5 Å². The Morgan fingerprint density at radius 2 is 2.00 bits per heavy atom. The van der Waals surface area contributed by atoms with Gasteiger partial charge in [-0.3, -0.25) is 4.79 Å². The number of nitriles is 1. The summed E-state index contributed by atoms with van der Waals surface area (Å²) in [5.41, 5.74) is 0.505. The summed E-state index contributed by atoms with van der Waals surface area (Å²) in [5, 5.41) is 8.66. The number of benzene rings is 1. The summed E-state index contributed by atoms with van der Waals surface area (Å²) in [5.74, 6) is 0.935. The van der Waals surface area contributed by atoms with Crippen LogP contribution in [-0.2, 0) is 0 Å². The van der Waals surface area contributed by atoms with E-state index >= 15 is 0 Å². The molecule has 0 fully saturated rings. The third-order valence-corrected chi connectivity index (χ3v) is 3.00. The van der Waals surface area contributed by atoms with Gasteiger partial charge >= 0.3 is 0 Å². The lowest BCUT2D eigenvalue weighted by Crippen LogP contribution is -2.34. The van der Waals surface area contributed by atoms with Crippen LogP contribution in [0.25, 0.3) is 0 Å². The Kier molecular flexibility index (Phi) is 5.19. The maximum atomic E-state index is 12.2. The number of carbonyl (C=O) groups is 1. The minimum atomic E-state index is -0.149. The third-order valence-electron chi connectivity index (χ3n) is 3.00. The van der Waals surface area contributed by atoms with Crippen molar-refractivity contribution < 1.29 is 14.3 Å². The molecule has 0 saturated heterocycles. The van der Waals surface area contributed by atoms with Gasteiger partial charge in [-0.15, -0.1) is 0 Å². The summed E-state index contributed by atoms with van der Waals surface area (Å²) in [6.45, 7) is 1.84. The number of amides is 1. The van der Waals surface area contributed by atoms with Crippen LogP contribution in [0.2, 0.25) is 0 Å². The first-order chi connectivity index (χ1) is 9.04. The van der Waals surface area contributed by atoms with Crippen molar-refractivity contribution in [2.24, 2.45) is 0 Å². The Morgan fingerprint density at radius 3 is 2.53 bits per heavy atom. The molecular weight excluding hydrogens is 244 g/mol. The smallest absolute Gasteiger partial charge is 0.254 e. The van der Waals surface area contributed by atoms with Gasteiger partial charge in [0.25, 0.3) is 5.91 Å². The van der Waals surface area contributed by atoms with Crippen molar-refractivity contribution in [3.05, 3.63) is 23.8 Å². The number of nitrogens with zero attached hydrogens (tertiary/aromatic N) is 2. The normalized spacial score (nSPS) is 11.3. The zero-order valence-electron chi connectivity index (χ0n) is 11.6. The lowest BCUT2D eigenvalue weighted by Gasteiger charge is -2.23. The topological polar surface area (TPSA) is 62.6 Å². The van der Waals surface area contributed by atoms with E-state index in [1.165, 1.54) is 7.11 Å². The number of methoxy groups -OCH3 is 2. The lowest BCUT2D eigenvalue weighted by atomic mass is 10.1. The van der Waals surface area contributed by atoms with Crippen molar-refractivity contribution in [2.75, 3.05) is 21.3 Å². The summed E-state index contributed by atoms with van der Waals surface area (Å²) in [4.78, 5) is 13.8. The minimum Gasteiger partial charge on any atom is -0.493 e. The first-order valence-corrected chi connectivity index (χ1v) is 5.91. The molecule has 1 amide bonds. The van der Waals surface area contributed by atoms with Crippen molar-refractivity contribution in [3.8, 4) is 17.6 Å². The monoisotopic (exact) mass is 262 g/mol. The van der Waals surface area contributed by atoms with Gasteiger partial charge in [0.1, 0.15) is 0 Å². The average molecular weight is 262 g/mol. The van der Waals surface area contributed by atoms with E-state index in [1.807, 2.05) is 6.92 Å². The SMILES string of the molecule is COc1ccc(C(=O)N(C)C(C)CC#N)cc1OC. The molecular formula is C14H18N2O3. The van der Waals surface area contributed by atoms with Gasteiger partial charge in [0.05, 0.1) is 26.7 Å². The van der Waals surface area contributed by atoms with Crippen molar-refractivity contribution in [1.82, 2.24) is 4.90 Å². The fourth-order valence-corrected chi connectivity index (χ4v) is 1.64. The Bertz CT molecular complexity index is 494. The maximum absolute atomic E-state index is 12.2. The van der Waals surface area contributed by atoms with E-state index < -0.39 is 0 Å². The molecule has 0 aliphatic rings. The lowest BCUT2D eigenvalue weighted by molar-refractivity contribution is 0.0746. The molecule has 5 heteroatoms. The number of hydrogen-bond donors (Lipinski definition) is 0. The first kappa shape index (κ1) is 14.8. The number of ether oxygens (including phenoxy) is 2. The second kappa shape index (κ2) is 6.64. The van der Waals surface area contributed by atoms with E-state index in [4.69, 9.17) is 14.7 Å². The van der Waals surface area contributed by atoms with E-state index in [0.717, 1.165) is 0 Å². The third kappa shape index (κ3) is 3.38. The van der Waals surface area contributed by atoms with E-state index in [9.17, 15) is 4.79 Å². The molecule has 0 aliphatic carbocycles. The highest BCUT2D eigenvalue weighted by molar-refractivity contribution is 5.95. The quantitative estimate of drug-likeness (QED) is 0.815. The molecule has 0 heterocycles. The molecule has 5 nitrogen and oxygen atoms in total. The molecule has 0 radical (unpaired) electrons. The Morgan fingerprint density at radius 1 is 1.37 bits per heavy atom. The fraction of sp³-hybridized carbons (Fsp3) is 0.429. The molecule has 0 saturated carbocycles. The molecule has 0 spiro atoms. The highest BCUT2D eigenvalue weighted by atomic mass is 16.5. The van der Waals surface area contributed by atoms with Crippen molar-refractivity contribution in [1.29, 1.82) is 5.26 Å². The van der Waals surface area contributed by atoms with E-state index in [0.29, 0.717) is 23.5 Å². The van der Waals surface area contributed by atoms with E-state index in [-0.39, 0.29) is 11.9 Å². The largest absolute Gasteiger partial charge is 0.493 e. The van der Waals surface area contributed by atoms with Crippen LogP contribution in [0.15, 0.2) is 18.2 Å². The summed E-state index contributed by atoms with van der Waals surface area (Å²) in [6, 6.07) is 6.93. The summed E-state index contributed by atoms with van der Waals surface area (Å²) in [6.07, 6.45) is 0.301. The molecule has 0 aromatic heterocycles. The maximum Gasteiger partial charge on any atom is 0.254 e. The van der Waals surface area contributed by atoms with E-state index in [1.54, 1.807) is 37.3 Å². The van der Waals surface area contributed by atoms with Crippen LogP contribution >= 0.6 is 0 Å². The summed E-state index contributed by atoms with van der Waals surface area (Å²) < 4.78 is 10.3. The van der Waals surface area contributed by atoms with Gasteiger partial charge in [0, 0.05) is 18.7 Å². The summed E-state index contributed by atoms with van der Waals surface area (Å²) >= 11 is 0. The van der Waals surface area contributed by atoms with Crippen LogP contribution in [0.1, 0.15) is 23.7 Å². The molecule has 102 valence electrons. The van der Waals surface area contributed by atoms with Gasteiger partial charge in [-0.25, -0.2) is 0 Å². The van der Waals surface area contributed by atoms with Gasteiger partial charge in [-0.2, -0.15) is 5.26 Å².